The molecule has 0 saturated heterocycles. The van der Waals surface area contributed by atoms with Crippen molar-refractivity contribution in [3.63, 3.8) is 0 Å². The highest BCUT2D eigenvalue weighted by atomic mass is 16.3. The third-order valence-electron chi connectivity index (χ3n) is 2.91. The molecule has 0 aromatic heterocycles. The van der Waals surface area contributed by atoms with Crippen LogP contribution in [0.25, 0.3) is 0 Å². The number of aryl methyl sites for hydroxylation is 2. The van der Waals surface area contributed by atoms with Gasteiger partial charge in [0, 0.05) is 0 Å². The van der Waals surface area contributed by atoms with Crippen molar-refractivity contribution in [1.29, 1.82) is 0 Å². The molecule has 1 aromatic rings. The van der Waals surface area contributed by atoms with Gasteiger partial charge in [-0.3, -0.25) is 0 Å². The number of phenols is 1. The third kappa shape index (κ3) is 1.67. The van der Waals surface area contributed by atoms with Crippen LogP contribution in [-0.2, 0) is 19.3 Å². The van der Waals surface area contributed by atoms with Crippen molar-refractivity contribution in [2.24, 2.45) is 0 Å². The molecule has 0 saturated carbocycles. The van der Waals surface area contributed by atoms with Crippen LogP contribution in [0.2, 0.25) is 0 Å². The summed E-state index contributed by atoms with van der Waals surface area (Å²) < 4.78 is 0. The molecule has 1 N–H and O–H groups in total. The Morgan fingerprint density at radius 3 is 2.50 bits per heavy atom. The Kier molecular flexibility index (Phi) is 2.58. The molecule has 14 heavy (non-hydrogen) atoms. The molecule has 0 fully saturated rings. The summed E-state index contributed by atoms with van der Waals surface area (Å²) in [4.78, 5) is 0. The zero-order chi connectivity index (χ0) is 9.97. The molecule has 1 aliphatic rings. The lowest BCUT2D eigenvalue weighted by molar-refractivity contribution is 0.467. The molecule has 0 radical (unpaired) electrons. The second kappa shape index (κ2) is 3.87. The fourth-order valence-electron chi connectivity index (χ4n) is 2.14. The van der Waals surface area contributed by atoms with E-state index < -0.39 is 0 Å². The summed E-state index contributed by atoms with van der Waals surface area (Å²) in [5.41, 5.74) is 3.77. The van der Waals surface area contributed by atoms with E-state index in [4.69, 9.17) is 0 Å². The SMILES string of the molecule is C=CCc1cc2c(cc1O)CCCC2. The number of fused-ring (bicyclic) bond motifs is 1. The van der Waals surface area contributed by atoms with Crippen LogP contribution in [0, 0.1) is 0 Å². The first kappa shape index (κ1) is 9.32. The maximum atomic E-state index is 9.75. The molecule has 1 aromatic carbocycles. The van der Waals surface area contributed by atoms with Gasteiger partial charge in [-0.05, 0) is 54.9 Å². The zero-order valence-corrected chi connectivity index (χ0v) is 8.42. The summed E-state index contributed by atoms with van der Waals surface area (Å²) in [5, 5.41) is 9.75. The van der Waals surface area contributed by atoms with Gasteiger partial charge in [-0.25, -0.2) is 0 Å². The van der Waals surface area contributed by atoms with Crippen LogP contribution in [0.5, 0.6) is 5.75 Å². The second-order valence-corrected chi connectivity index (χ2v) is 3.95. The molecule has 74 valence electrons. The normalized spacial score (nSPS) is 14.9. The third-order valence-corrected chi connectivity index (χ3v) is 2.91. The maximum Gasteiger partial charge on any atom is 0.119 e. The van der Waals surface area contributed by atoms with Gasteiger partial charge in [0.25, 0.3) is 0 Å². The summed E-state index contributed by atoms with van der Waals surface area (Å²) in [6.07, 6.45) is 7.43. The zero-order valence-electron chi connectivity index (χ0n) is 8.42. The van der Waals surface area contributed by atoms with Crippen molar-refractivity contribution in [3.8, 4) is 5.75 Å². The number of rotatable bonds is 2. The van der Waals surface area contributed by atoms with E-state index in [0.29, 0.717) is 5.75 Å². The fourth-order valence-corrected chi connectivity index (χ4v) is 2.14. The van der Waals surface area contributed by atoms with Gasteiger partial charge < -0.3 is 5.11 Å². The van der Waals surface area contributed by atoms with Gasteiger partial charge >= 0.3 is 0 Å². The van der Waals surface area contributed by atoms with Crippen molar-refractivity contribution in [1.82, 2.24) is 0 Å². The summed E-state index contributed by atoms with van der Waals surface area (Å²) in [7, 11) is 0. The van der Waals surface area contributed by atoms with Gasteiger partial charge in [-0.2, -0.15) is 0 Å². The molecule has 0 unspecified atom stereocenters. The smallest absolute Gasteiger partial charge is 0.119 e. The first-order valence-corrected chi connectivity index (χ1v) is 5.26. The van der Waals surface area contributed by atoms with Crippen LogP contribution in [0.3, 0.4) is 0 Å². The average Bonchev–Trinajstić information content (AvgIpc) is 2.19. The number of aromatic hydroxyl groups is 1. The predicted molar refractivity (Wildman–Crippen MR) is 58.6 cm³/mol. The van der Waals surface area contributed by atoms with Crippen LogP contribution < -0.4 is 0 Å². The minimum atomic E-state index is 0.436. The minimum Gasteiger partial charge on any atom is -0.508 e. The molecule has 0 amide bonds. The van der Waals surface area contributed by atoms with Gasteiger partial charge in [0.05, 0.1) is 0 Å². The van der Waals surface area contributed by atoms with Crippen molar-refractivity contribution in [2.75, 3.05) is 0 Å². The molecule has 0 bridgehead atoms. The van der Waals surface area contributed by atoms with Crippen LogP contribution >= 0.6 is 0 Å². The Hall–Kier alpha value is -1.24. The highest BCUT2D eigenvalue weighted by molar-refractivity contribution is 5.43. The summed E-state index contributed by atoms with van der Waals surface area (Å²) >= 11 is 0. The monoisotopic (exact) mass is 188 g/mol. The first-order valence-electron chi connectivity index (χ1n) is 5.26. The van der Waals surface area contributed by atoms with Gasteiger partial charge in [-0.15, -0.1) is 6.58 Å². The fraction of sp³-hybridized carbons (Fsp3) is 0.385. The summed E-state index contributed by atoms with van der Waals surface area (Å²) in [6, 6.07) is 4.08. The largest absolute Gasteiger partial charge is 0.508 e. The van der Waals surface area contributed by atoms with Crippen LogP contribution in [0.15, 0.2) is 24.8 Å². The van der Waals surface area contributed by atoms with Gasteiger partial charge in [0.15, 0.2) is 0 Å². The van der Waals surface area contributed by atoms with Crippen molar-refractivity contribution in [3.05, 3.63) is 41.5 Å². The second-order valence-electron chi connectivity index (χ2n) is 3.95. The number of allylic oxidation sites excluding steroid dienone is 1. The summed E-state index contributed by atoms with van der Waals surface area (Å²) in [5.74, 6) is 0.436. The molecule has 1 heteroatoms. The highest BCUT2D eigenvalue weighted by Crippen LogP contribution is 2.28. The Bertz CT molecular complexity index is 352. The van der Waals surface area contributed by atoms with Gasteiger partial charge in [0.2, 0.25) is 0 Å². The quantitative estimate of drug-likeness (QED) is 0.707. The van der Waals surface area contributed by atoms with E-state index in [0.717, 1.165) is 18.4 Å². The van der Waals surface area contributed by atoms with Crippen molar-refractivity contribution in [2.45, 2.75) is 32.1 Å². The molecule has 0 atom stereocenters. The van der Waals surface area contributed by atoms with E-state index in [2.05, 4.69) is 12.6 Å². The predicted octanol–water partition coefficient (Wildman–Crippen LogP) is 3.00. The van der Waals surface area contributed by atoms with Crippen molar-refractivity contribution < 1.29 is 5.11 Å². The van der Waals surface area contributed by atoms with Crippen LogP contribution in [-0.4, -0.2) is 5.11 Å². The average molecular weight is 188 g/mol. The van der Waals surface area contributed by atoms with E-state index in [1.807, 2.05) is 12.1 Å². The van der Waals surface area contributed by atoms with Gasteiger partial charge in [-0.1, -0.05) is 12.1 Å². The summed E-state index contributed by atoms with van der Waals surface area (Å²) in [6.45, 7) is 3.70. The topological polar surface area (TPSA) is 20.2 Å². The Morgan fingerprint density at radius 2 is 1.86 bits per heavy atom. The van der Waals surface area contributed by atoms with E-state index in [1.54, 1.807) is 0 Å². The molecule has 0 spiro atoms. The lowest BCUT2D eigenvalue weighted by atomic mass is 9.89. The molecule has 1 nitrogen and oxygen atoms in total. The maximum absolute atomic E-state index is 9.75. The number of benzene rings is 1. The lowest BCUT2D eigenvalue weighted by Gasteiger charge is -2.17. The molecular weight excluding hydrogens is 172 g/mol. The Morgan fingerprint density at radius 1 is 1.21 bits per heavy atom. The Labute approximate surface area is 85.1 Å². The molecule has 0 heterocycles. The molecule has 0 aliphatic heterocycles. The van der Waals surface area contributed by atoms with E-state index in [-0.39, 0.29) is 0 Å². The standard InChI is InChI=1S/C13H16O/c1-2-5-12-8-10-6-3-4-7-11(10)9-13(12)14/h2,8-9,14H,1,3-7H2. The van der Waals surface area contributed by atoms with E-state index in [1.165, 1.54) is 30.4 Å². The first-order chi connectivity index (χ1) is 6.81. The number of phenolic OH excluding ortho intramolecular Hbond substituents is 1. The van der Waals surface area contributed by atoms with E-state index >= 15 is 0 Å². The van der Waals surface area contributed by atoms with Crippen molar-refractivity contribution >= 4 is 0 Å². The number of hydrogen-bond acceptors (Lipinski definition) is 1. The molecule has 1 aliphatic carbocycles. The Balaban J connectivity index is 2.40. The molecular formula is C13H16O. The van der Waals surface area contributed by atoms with E-state index in [9.17, 15) is 5.11 Å². The minimum absolute atomic E-state index is 0.436. The van der Waals surface area contributed by atoms with Crippen LogP contribution in [0.4, 0.5) is 0 Å². The van der Waals surface area contributed by atoms with Crippen LogP contribution in [0.1, 0.15) is 29.5 Å². The number of hydrogen-bond donors (Lipinski definition) is 1. The van der Waals surface area contributed by atoms with Gasteiger partial charge in [0.1, 0.15) is 5.75 Å². The lowest BCUT2D eigenvalue weighted by Crippen LogP contribution is -2.03. The molecule has 2 rings (SSSR count). The highest BCUT2D eigenvalue weighted by Gasteiger charge is 2.12.